The van der Waals surface area contributed by atoms with Crippen molar-refractivity contribution in [3.8, 4) is 5.75 Å². The molecule has 0 aromatic heterocycles. The van der Waals surface area contributed by atoms with Gasteiger partial charge in [0.15, 0.2) is 0 Å². The summed E-state index contributed by atoms with van der Waals surface area (Å²) in [7, 11) is 0. The highest BCUT2D eigenvalue weighted by molar-refractivity contribution is 8.26. The highest BCUT2D eigenvalue weighted by Gasteiger charge is 2.31. The number of carboxylic acid groups (broad SMARTS) is 1. The molecule has 26 heavy (non-hydrogen) atoms. The molecule has 1 heterocycles. The zero-order valence-corrected chi connectivity index (χ0v) is 16.0. The van der Waals surface area contributed by atoms with Crippen molar-refractivity contribution >= 4 is 46.3 Å². The van der Waals surface area contributed by atoms with E-state index < -0.39 is 5.97 Å². The molecule has 1 aromatic carbocycles. The van der Waals surface area contributed by atoms with E-state index in [1.165, 1.54) is 11.8 Å². The zero-order valence-electron chi connectivity index (χ0n) is 14.3. The molecule has 1 aliphatic heterocycles. The Labute approximate surface area is 162 Å². The average molecular weight is 392 g/mol. The topological polar surface area (TPSA) is 66.8 Å². The molecule has 1 N–H and O–H groups in total. The molecule has 1 fully saturated rings. The molecule has 0 unspecified atom stereocenters. The van der Waals surface area contributed by atoms with E-state index in [2.05, 4.69) is 6.58 Å². The van der Waals surface area contributed by atoms with Gasteiger partial charge < -0.3 is 9.84 Å². The van der Waals surface area contributed by atoms with Crippen LogP contribution in [0.1, 0.15) is 31.2 Å². The van der Waals surface area contributed by atoms with Crippen molar-refractivity contribution in [2.45, 2.75) is 25.7 Å². The summed E-state index contributed by atoms with van der Waals surface area (Å²) in [5, 5.41) is 8.65. The summed E-state index contributed by atoms with van der Waals surface area (Å²) in [6, 6.07) is 7.49. The Kier molecular flexibility index (Phi) is 7.87. The predicted molar refractivity (Wildman–Crippen MR) is 108 cm³/mol. The van der Waals surface area contributed by atoms with Crippen LogP contribution < -0.4 is 4.74 Å². The molecular weight excluding hydrogens is 370 g/mol. The highest BCUT2D eigenvalue weighted by atomic mass is 32.2. The number of carbonyl (C=O) groups excluding carboxylic acids is 1. The number of hydrogen-bond acceptors (Lipinski definition) is 5. The molecule has 1 aromatic rings. The molecule has 0 aliphatic carbocycles. The maximum Gasteiger partial charge on any atom is 0.303 e. The first-order valence-electron chi connectivity index (χ1n) is 8.33. The maximum atomic E-state index is 12.6. The minimum absolute atomic E-state index is 0.114. The molecule has 2 rings (SSSR count). The van der Waals surface area contributed by atoms with Crippen LogP contribution in [0.15, 0.2) is 41.8 Å². The number of amides is 1. The van der Waals surface area contributed by atoms with Crippen molar-refractivity contribution in [1.29, 1.82) is 0 Å². The molecule has 138 valence electrons. The second-order valence-electron chi connectivity index (χ2n) is 5.68. The fraction of sp³-hybridized carbons (Fsp3) is 0.316. The number of para-hydroxylation sites is 1. The second-order valence-corrected chi connectivity index (χ2v) is 7.35. The van der Waals surface area contributed by atoms with Crippen LogP contribution in [0.4, 0.5) is 0 Å². The van der Waals surface area contributed by atoms with Gasteiger partial charge in [0.05, 0.1) is 4.91 Å². The van der Waals surface area contributed by atoms with E-state index in [4.69, 9.17) is 22.1 Å². The summed E-state index contributed by atoms with van der Waals surface area (Å²) in [6.07, 6.45) is 5.70. The van der Waals surface area contributed by atoms with Crippen LogP contribution in [0.3, 0.4) is 0 Å². The van der Waals surface area contributed by atoms with Crippen molar-refractivity contribution in [3.63, 3.8) is 0 Å². The number of hydrogen-bond donors (Lipinski definition) is 1. The van der Waals surface area contributed by atoms with Gasteiger partial charge in [-0.2, -0.15) is 0 Å². The smallest absolute Gasteiger partial charge is 0.303 e. The third kappa shape index (κ3) is 5.71. The Bertz CT molecular complexity index is 730. The van der Waals surface area contributed by atoms with Gasteiger partial charge in [-0.05, 0) is 25.0 Å². The van der Waals surface area contributed by atoms with E-state index in [1.54, 1.807) is 17.1 Å². The molecular formula is C19H21NO4S2. The van der Waals surface area contributed by atoms with Crippen molar-refractivity contribution in [2.75, 3.05) is 13.2 Å². The first kappa shape index (κ1) is 20.2. The number of aliphatic carboxylic acids is 1. The second kappa shape index (κ2) is 10.1. The quantitative estimate of drug-likeness (QED) is 0.280. The van der Waals surface area contributed by atoms with Crippen molar-refractivity contribution in [3.05, 3.63) is 47.4 Å². The van der Waals surface area contributed by atoms with Gasteiger partial charge in [0.2, 0.25) is 0 Å². The predicted octanol–water partition coefficient (Wildman–Crippen LogP) is 4.10. The van der Waals surface area contributed by atoms with Gasteiger partial charge in [0.25, 0.3) is 5.91 Å². The van der Waals surface area contributed by atoms with Crippen LogP contribution in [0.2, 0.25) is 0 Å². The average Bonchev–Trinajstić information content (AvgIpc) is 2.87. The van der Waals surface area contributed by atoms with E-state index >= 15 is 0 Å². The van der Waals surface area contributed by atoms with Gasteiger partial charge in [0, 0.05) is 18.5 Å². The largest absolute Gasteiger partial charge is 0.489 e. The van der Waals surface area contributed by atoms with Crippen molar-refractivity contribution in [1.82, 2.24) is 4.90 Å². The number of unbranched alkanes of at least 4 members (excludes halogenated alkanes) is 2. The fourth-order valence-corrected chi connectivity index (χ4v) is 3.74. The standard InChI is InChI=1S/C19H21NO4S2/c1-2-12-24-15-9-6-5-8-14(15)13-16-18(23)20(19(25)26-16)11-7-3-4-10-17(21)22/h2,5-6,8-9,13H,1,3-4,7,10-12H2,(H,21,22)/b16-13-. The Morgan fingerprint density at radius 1 is 1.31 bits per heavy atom. The first-order chi connectivity index (χ1) is 12.5. The monoisotopic (exact) mass is 391 g/mol. The minimum Gasteiger partial charge on any atom is -0.489 e. The third-order valence-corrected chi connectivity index (χ3v) is 5.09. The van der Waals surface area contributed by atoms with Crippen molar-refractivity contribution < 1.29 is 19.4 Å². The number of carboxylic acids is 1. The lowest BCUT2D eigenvalue weighted by molar-refractivity contribution is -0.137. The highest BCUT2D eigenvalue weighted by Crippen LogP contribution is 2.34. The van der Waals surface area contributed by atoms with Crippen LogP contribution >= 0.6 is 24.0 Å². The number of thiocarbonyl (C=S) groups is 1. The van der Waals surface area contributed by atoms with E-state index in [1.807, 2.05) is 24.3 Å². The summed E-state index contributed by atoms with van der Waals surface area (Å²) < 4.78 is 6.15. The van der Waals surface area contributed by atoms with Gasteiger partial charge in [0.1, 0.15) is 16.7 Å². The van der Waals surface area contributed by atoms with Crippen LogP contribution in [0, 0.1) is 0 Å². The Balaban J connectivity index is 2.00. The lowest BCUT2D eigenvalue weighted by Gasteiger charge is -2.13. The molecule has 1 saturated heterocycles. The third-order valence-electron chi connectivity index (χ3n) is 3.71. The van der Waals surface area contributed by atoms with E-state index in [0.29, 0.717) is 34.5 Å². The molecule has 0 radical (unpaired) electrons. The molecule has 1 aliphatic rings. The Hall–Kier alpha value is -2.12. The van der Waals surface area contributed by atoms with Crippen LogP contribution in [-0.2, 0) is 9.59 Å². The minimum atomic E-state index is -0.795. The van der Waals surface area contributed by atoms with Crippen LogP contribution in [-0.4, -0.2) is 39.4 Å². The van der Waals surface area contributed by atoms with Crippen LogP contribution in [0.25, 0.3) is 6.08 Å². The first-order valence-corrected chi connectivity index (χ1v) is 9.55. The fourth-order valence-electron chi connectivity index (χ4n) is 2.44. The molecule has 0 bridgehead atoms. The number of benzene rings is 1. The molecule has 7 heteroatoms. The number of rotatable bonds is 10. The normalized spacial score (nSPS) is 15.5. The molecule has 1 amide bonds. The van der Waals surface area contributed by atoms with E-state index in [9.17, 15) is 9.59 Å². The molecule has 0 saturated carbocycles. The summed E-state index contributed by atoms with van der Waals surface area (Å²) >= 11 is 6.60. The van der Waals surface area contributed by atoms with Gasteiger partial charge >= 0.3 is 5.97 Å². The molecule has 0 atom stereocenters. The number of thioether (sulfide) groups is 1. The van der Waals surface area contributed by atoms with Gasteiger partial charge in [-0.15, -0.1) is 0 Å². The number of ether oxygens (including phenoxy) is 1. The molecule has 0 spiro atoms. The van der Waals surface area contributed by atoms with E-state index in [-0.39, 0.29) is 12.3 Å². The van der Waals surface area contributed by atoms with Gasteiger partial charge in [-0.25, -0.2) is 0 Å². The summed E-state index contributed by atoms with van der Waals surface area (Å²) in [6.45, 7) is 4.54. The van der Waals surface area contributed by atoms with E-state index in [0.717, 1.165) is 18.4 Å². The zero-order chi connectivity index (χ0) is 18.9. The summed E-state index contributed by atoms with van der Waals surface area (Å²) in [5.41, 5.74) is 0.816. The summed E-state index contributed by atoms with van der Waals surface area (Å²) in [4.78, 5) is 25.3. The molecule has 5 nitrogen and oxygen atoms in total. The number of nitrogens with zero attached hydrogens (tertiary/aromatic N) is 1. The van der Waals surface area contributed by atoms with Crippen molar-refractivity contribution in [2.24, 2.45) is 0 Å². The number of carbonyl (C=O) groups is 2. The lowest BCUT2D eigenvalue weighted by atomic mass is 10.1. The SMILES string of the molecule is C=CCOc1ccccc1/C=C1\SC(=S)N(CCCCCC(=O)O)C1=O. The van der Waals surface area contributed by atoms with Gasteiger partial charge in [-0.3, -0.25) is 14.5 Å². The maximum absolute atomic E-state index is 12.6. The van der Waals surface area contributed by atoms with Crippen LogP contribution in [0.5, 0.6) is 5.75 Å². The van der Waals surface area contributed by atoms with Gasteiger partial charge in [-0.1, -0.05) is 61.3 Å². The lowest BCUT2D eigenvalue weighted by Crippen LogP contribution is -2.29. The summed E-state index contributed by atoms with van der Waals surface area (Å²) in [5.74, 6) is -0.223. The Morgan fingerprint density at radius 2 is 2.08 bits per heavy atom. The Morgan fingerprint density at radius 3 is 2.81 bits per heavy atom.